The second kappa shape index (κ2) is 7.05. The third kappa shape index (κ3) is 2.95. The number of hydrogen-bond acceptors (Lipinski definition) is 4. The van der Waals surface area contributed by atoms with Gasteiger partial charge in [-0.2, -0.15) is 0 Å². The van der Waals surface area contributed by atoms with E-state index in [1.54, 1.807) is 4.90 Å². The summed E-state index contributed by atoms with van der Waals surface area (Å²) in [6.07, 6.45) is 0. The number of thiocarbonyl (C=S) groups is 1. The van der Waals surface area contributed by atoms with Crippen molar-refractivity contribution in [3.63, 3.8) is 0 Å². The molecule has 0 N–H and O–H groups in total. The van der Waals surface area contributed by atoms with E-state index in [4.69, 9.17) is 17.0 Å². The van der Waals surface area contributed by atoms with Crippen molar-refractivity contribution in [3.05, 3.63) is 54.6 Å². The second-order valence-corrected chi connectivity index (χ2v) is 6.82. The Morgan fingerprint density at radius 2 is 1.54 bits per heavy atom. The van der Waals surface area contributed by atoms with E-state index in [9.17, 15) is 4.79 Å². The summed E-state index contributed by atoms with van der Waals surface area (Å²) in [7, 11) is 0. The van der Waals surface area contributed by atoms with E-state index in [2.05, 4.69) is 17.0 Å². The molecule has 134 valence electrons. The molecule has 0 spiro atoms. The number of hydrogen-bond donors (Lipinski definition) is 0. The highest BCUT2D eigenvalue weighted by Crippen LogP contribution is 2.31. The van der Waals surface area contributed by atoms with Crippen LogP contribution in [-0.2, 0) is 9.53 Å². The molecule has 2 aromatic carbocycles. The predicted molar refractivity (Wildman–Crippen MR) is 108 cm³/mol. The minimum atomic E-state index is -0.322. The number of para-hydroxylation sites is 1. The van der Waals surface area contributed by atoms with Gasteiger partial charge in [-0.3, -0.25) is 9.69 Å². The first-order valence-electron chi connectivity index (χ1n) is 8.82. The van der Waals surface area contributed by atoms with Crippen molar-refractivity contribution < 1.29 is 9.53 Å². The summed E-state index contributed by atoms with van der Waals surface area (Å²) in [5, 5.41) is 0.521. The molecule has 0 bridgehead atoms. The van der Waals surface area contributed by atoms with Crippen LogP contribution in [0.1, 0.15) is 6.92 Å². The number of amides is 1. The van der Waals surface area contributed by atoms with Crippen molar-refractivity contribution in [3.8, 4) is 0 Å². The van der Waals surface area contributed by atoms with Gasteiger partial charge in [0.15, 0.2) is 5.11 Å². The molecule has 0 saturated carbocycles. The average Bonchev–Trinajstić information content (AvgIpc) is 2.92. The van der Waals surface area contributed by atoms with E-state index in [1.807, 2.05) is 54.3 Å². The predicted octanol–water partition coefficient (Wildman–Crippen LogP) is 3.05. The van der Waals surface area contributed by atoms with Gasteiger partial charge in [0, 0.05) is 24.5 Å². The molecular formula is C20H21N3O2S. The number of benzene rings is 2. The Hall–Kier alpha value is -2.44. The molecule has 6 heteroatoms. The Morgan fingerprint density at radius 3 is 2.19 bits per heavy atom. The molecule has 1 amide bonds. The number of nitrogens with zero attached hydrogens (tertiary/aromatic N) is 3. The fraction of sp³-hybridized carbons (Fsp3) is 0.300. The molecule has 2 heterocycles. The van der Waals surface area contributed by atoms with Crippen LogP contribution in [0.5, 0.6) is 0 Å². The molecule has 0 aromatic heterocycles. The van der Waals surface area contributed by atoms with Gasteiger partial charge >= 0.3 is 0 Å². The van der Waals surface area contributed by atoms with Crippen molar-refractivity contribution in [2.24, 2.45) is 0 Å². The monoisotopic (exact) mass is 367 g/mol. The number of carbonyl (C=O) groups excluding carboxylic acids is 1. The molecule has 2 aliphatic rings. The van der Waals surface area contributed by atoms with Gasteiger partial charge in [-0.1, -0.05) is 18.2 Å². The smallest absolute Gasteiger partial charge is 0.256 e. The third-order valence-electron chi connectivity index (χ3n) is 4.88. The standard InChI is InChI=1S/C20H21N3O2S/c1-15-19(24)23(17-5-3-2-4-6-17)20(26)22(15)18-9-7-16(8-10-18)21-11-13-25-14-12-21/h2-10,15H,11-14H2,1H3. The maximum atomic E-state index is 12.8. The topological polar surface area (TPSA) is 36.0 Å². The zero-order valence-corrected chi connectivity index (χ0v) is 15.5. The summed E-state index contributed by atoms with van der Waals surface area (Å²) in [4.78, 5) is 18.6. The summed E-state index contributed by atoms with van der Waals surface area (Å²) in [5.41, 5.74) is 2.91. The van der Waals surface area contributed by atoms with E-state index in [1.165, 1.54) is 5.69 Å². The first-order chi connectivity index (χ1) is 12.7. The lowest BCUT2D eigenvalue weighted by Crippen LogP contribution is -2.36. The van der Waals surface area contributed by atoms with Crippen LogP contribution in [0.3, 0.4) is 0 Å². The van der Waals surface area contributed by atoms with E-state index in [0.717, 1.165) is 37.7 Å². The van der Waals surface area contributed by atoms with E-state index >= 15 is 0 Å². The first-order valence-corrected chi connectivity index (χ1v) is 9.22. The minimum absolute atomic E-state index is 0.00143. The number of morpholine rings is 1. The van der Waals surface area contributed by atoms with Crippen molar-refractivity contribution >= 4 is 40.3 Å². The Bertz CT molecular complexity index is 804. The fourth-order valence-electron chi connectivity index (χ4n) is 3.46. The Kier molecular flexibility index (Phi) is 4.61. The van der Waals surface area contributed by atoms with Crippen LogP contribution >= 0.6 is 12.2 Å². The van der Waals surface area contributed by atoms with E-state index in [-0.39, 0.29) is 11.9 Å². The van der Waals surface area contributed by atoms with Gasteiger partial charge in [0.25, 0.3) is 5.91 Å². The molecule has 2 aliphatic heterocycles. The van der Waals surface area contributed by atoms with Crippen molar-refractivity contribution in [2.75, 3.05) is 41.0 Å². The minimum Gasteiger partial charge on any atom is -0.378 e. The lowest BCUT2D eigenvalue weighted by Gasteiger charge is -2.29. The number of carbonyl (C=O) groups is 1. The van der Waals surface area contributed by atoms with Crippen LogP contribution in [0.15, 0.2) is 54.6 Å². The maximum Gasteiger partial charge on any atom is 0.256 e. The zero-order valence-electron chi connectivity index (χ0n) is 14.7. The van der Waals surface area contributed by atoms with Crippen LogP contribution < -0.4 is 14.7 Å². The van der Waals surface area contributed by atoms with Crippen LogP contribution in [0.25, 0.3) is 0 Å². The normalized spacial score (nSPS) is 20.8. The third-order valence-corrected chi connectivity index (χ3v) is 5.26. The molecule has 1 unspecified atom stereocenters. The van der Waals surface area contributed by atoms with Gasteiger partial charge in [-0.25, -0.2) is 0 Å². The molecule has 1 atom stereocenters. The van der Waals surface area contributed by atoms with Crippen LogP contribution in [-0.4, -0.2) is 43.4 Å². The second-order valence-electron chi connectivity index (χ2n) is 6.45. The molecule has 0 aliphatic carbocycles. The highest BCUT2D eigenvalue weighted by Gasteiger charge is 2.41. The summed E-state index contributed by atoms with van der Waals surface area (Å²) in [5.74, 6) is -0.00143. The van der Waals surface area contributed by atoms with E-state index in [0.29, 0.717) is 5.11 Å². The quantitative estimate of drug-likeness (QED) is 0.780. The van der Waals surface area contributed by atoms with Gasteiger partial charge in [-0.15, -0.1) is 0 Å². The van der Waals surface area contributed by atoms with Crippen LogP contribution in [0.4, 0.5) is 17.1 Å². The lowest BCUT2D eigenvalue weighted by atomic mass is 10.2. The molecule has 5 nitrogen and oxygen atoms in total. The van der Waals surface area contributed by atoms with Crippen molar-refractivity contribution in [1.82, 2.24) is 0 Å². The molecule has 4 rings (SSSR count). The van der Waals surface area contributed by atoms with Gasteiger partial charge < -0.3 is 14.5 Å². The largest absolute Gasteiger partial charge is 0.378 e. The number of ether oxygens (including phenoxy) is 1. The zero-order chi connectivity index (χ0) is 18.1. The van der Waals surface area contributed by atoms with Crippen molar-refractivity contribution in [2.45, 2.75) is 13.0 Å². The Balaban J connectivity index is 1.59. The Labute approximate surface area is 158 Å². The van der Waals surface area contributed by atoms with Gasteiger partial charge in [0.2, 0.25) is 0 Å². The van der Waals surface area contributed by atoms with Crippen LogP contribution in [0.2, 0.25) is 0 Å². The summed E-state index contributed by atoms with van der Waals surface area (Å²) in [6.45, 7) is 5.22. The number of anilines is 3. The lowest BCUT2D eigenvalue weighted by molar-refractivity contribution is -0.117. The average molecular weight is 367 g/mol. The van der Waals surface area contributed by atoms with Gasteiger partial charge in [0.05, 0.1) is 18.9 Å². The molecule has 0 radical (unpaired) electrons. The highest BCUT2D eigenvalue weighted by atomic mass is 32.1. The molecule has 2 fully saturated rings. The van der Waals surface area contributed by atoms with Crippen LogP contribution in [0, 0.1) is 0 Å². The summed E-state index contributed by atoms with van der Waals surface area (Å²) in [6, 6.07) is 17.5. The SMILES string of the molecule is CC1C(=O)N(c2ccccc2)C(=S)N1c1ccc(N2CCOCC2)cc1. The van der Waals surface area contributed by atoms with Gasteiger partial charge in [-0.05, 0) is 55.5 Å². The summed E-state index contributed by atoms with van der Waals surface area (Å²) >= 11 is 5.64. The van der Waals surface area contributed by atoms with E-state index < -0.39 is 0 Å². The molecular weight excluding hydrogens is 346 g/mol. The molecule has 2 aromatic rings. The maximum absolute atomic E-state index is 12.8. The first kappa shape index (κ1) is 17.0. The van der Waals surface area contributed by atoms with Gasteiger partial charge in [0.1, 0.15) is 6.04 Å². The Morgan fingerprint density at radius 1 is 0.923 bits per heavy atom. The molecule has 26 heavy (non-hydrogen) atoms. The highest BCUT2D eigenvalue weighted by molar-refractivity contribution is 7.81. The summed E-state index contributed by atoms with van der Waals surface area (Å²) < 4.78 is 5.41. The van der Waals surface area contributed by atoms with Crippen molar-refractivity contribution in [1.29, 1.82) is 0 Å². The molecule has 2 saturated heterocycles. The fourth-order valence-corrected chi connectivity index (χ4v) is 3.92. The number of rotatable bonds is 3.